The molecule has 0 unspecified atom stereocenters. The summed E-state index contributed by atoms with van der Waals surface area (Å²) in [7, 11) is 0. The van der Waals surface area contributed by atoms with Gasteiger partial charge >= 0.3 is 5.88 Å². The first-order valence-corrected chi connectivity index (χ1v) is 5.16. The Morgan fingerprint density at radius 1 is 1.44 bits per heavy atom. The van der Waals surface area contributed by atoms with Gasteiger partial charge in [-0.05, 0) is 25.1 Å². The highest BCUT2D eigenvalue weighted by molar-refractivity contribution is 5.91. The van der Waals surface area contributed by atoms with Gasteiger partial charge in [0.25, 0.3) is 5.91 Å². The Morgan fingerprint density at radius 3 is 2.78 bits per heavy atom. The molecule has 2 aromatic rings. The number of carbonyl (C=O) groups is 1. The second-order valence-corrected chi connectivity index (χ2v) is 3.61. The van der Waals surface area contributed by atoms with Crippen molar-refractivity contribution in [3.63, 3.8) is 0 Å². The Labute approximate surface area is 102 Å². The minimum Gasteiger partial charge on any atom is -0.467 e. The zero-order valence-corrected chi connectivity index (χ0v) is 9.45. The van der Waals surface area contributed by atoms with E-state index in [0.717, 1.165) is 6.07 Å². The van der Waals surface area contributed by atoms with Crippen LogP contribution >= 0.6 is 0 Å². The van der Waals surface area contributed by atoms with E-state index in [-0.39, 0.29) is 11.8 Å². The molecule has 2 rings (SSSR count). The molecule has 94 valence electrons. The van der Waals surface area contributed by atoms with E-state index >= 15 is 0 Å². The van der Waals surface area contributed by atoms with E-state index in [4.69, 9.17) is 8.83 Å². The molecule has 0 aliphatic heterocycles. The number of nitrogens with zero attached hydrogens (tertiary/aromatic N) is 1. The third-order valence-corrected chi connectivity index (χ3v) is 2.31. The van der Waals surface area contributed by atoms with Crippen LogP contribution in [0.5, 0.6) is 0 Å². The Morgan fingerprint density at radius 2 is 2.22 bits per heavy atom. The summed E-state index contributed by atoms with van der Waals surface area (Å²) >= 11 is 0. The van der Waals surface area contributed by atoms with Crippen LogP contribution in [0, 0.1) is 10.1 Å². The Bertz CT molecular complexity index is 558. The van der Waals surface area contributed by atoms with Crippen LogP contribution in [-0.2, 0) is 0 Å². The average Bonchev–Trinajstić information content (AvgIpc) is 3.00. The molecule has 2 aromatic heterocycles. The molecular weight excluding hydrogens is 240 g/mol. The first kappa shape index (κ1) is 11.9. The average molecular weight is 250 g/mol. The molecule has 1 amide bonds. The molecule has 1 atom stereocenters. The number of furan rings is 2. The van der Waals surface area contributed by atoms with Crippen molar-refractivity contribution in [1.82, 2.24) is 5.32 Å². The van der Waals surface area contributed by atoms with Crippen molar-refractivity contribution in [3.8, 4) is 0 Å². The fourth-order valence-corrected chi connectivity index (χ4v) is 1.42. The lowest BCUT2D eigenvalue weighted by atomic mass is 10.2. The molecule has 0 radical (unpaired) electrons. The van der Waals surface area contributed by atoms with Crippen LogP contribution in [0.25, 0.3) is 0 Å². The van der Waals surface area contributed by atoms with E-state index in [1.165, 1.54) is 12.3 Å². The minimum absolute atomic E-state index is 0.111. The highest BCUT2D eigenvalue weighted by atomic mass is 16.6. The number of rotatable bonds is 4. The molecule has 1 N–H and O–H groups in total. The Balaban J connectivity index is 2.05. The molecule has 7 heteroatoms. The maximum absolute atomic E-state index is 11.7. The number of hydrogen-bond donors (Lipinski definition) is 1. The van der Waals surface area contributed by atoms with Gasteiger partial charge in [-0.1, -0.05) is 0 Å². The van der Waals surface area contributed by atoms with Crippen molar-refractivity contribution >= 4 is 11.8 Å². The van der Waals surface area contributed by atoms with Crippen LogP contribution in [0.2, 0.25) is 0 Å². The highest BCUT2D eigenvalue weighted by Crippen LogP contribution is 2.17. The fraction of sp³-hybridized carbons (Fsp3) is 0.182. The molecule has 0 saturated heterocycles. The zero-order valence-electron chi connectivity index (χ0n) is 9.45. The van der Waals surface area contributed by atoms with Crippen molar-refractivity contribution in [2.45, 2.75) is 13.0 Å². The normalized spacial score (nSPS) is 12.1. The molecule has 0 bridgehead atoms. The van der Waals surface area contributed by atoms with Gasteiger partial charge in [-0.3, -0.25) is 14.9 Å². The lowest BCUT2D eigenvalue weighted by Crippen LogP contribution is -2.25. The van der Waals surface area contributed by atoms with E-state index in [1.54, 1.807) is 19.1 Å². The van der Waals surface area contributed by atoms with Crippen molar-refractivity contribution in [2.75, 3.05) is 0 Å². The number of nitro groups is 1. The van der Waals surface area contributed by atoms with Crippen LogP contribution in [-0.4, -0.2) is 10.8 Å². The maximum Gasteiger partial charge on any atom is 0.433 e. The van der Waals surface area contributed by atoms with E-state index in [0.29, 0.717) is 5.76 Å². The lowest BCUT2D eigenvalue weighted by Gasteiger charge is -2.09. The summed E-state index contributed by atoms with van der Waals surface area (Å²) in [5, 5.41) is 13.0. The SMILES string of the molecule is C[C@H](NC(=O)c1ccc([N+](=O)[O-])o1)c1ccco1. The number of nitrogens with one attached hydrogen (secondary N) is 1. The summed E-state index contributed by atoms with van der Waals surface area (Å²) in [6.45, 7) is 1.73. The van der Waals surface area contributed by atoms with Crippen molar-refractivity contribution in [1.29, 1.82) is 0 Å². The van der Waals surface area contributed by atoms with Crippen LogP contribution in [0.15, 0.2) is 39.4 Å². The zero-order chi connectivity index (χ0) is 13.1. The Kier molecular flexibility index (Phi) is 3.13. The van der Waals surface area contributed by atoms with Crippen LogP contribution < -0.4 is 5.32 Å². The summed E-state index contributed by atoms with van der Waals surface area (Å²) in [4.78, 5) is 21.4. The van der Waals surface area contributed by atoms with E-state index < -0.39 is 16.7 Å². The number of amides is 1. The van der Waals surface area contributed by atoms with Crippen molar-refractivity contribution < 1.29 is 18.6 Å². The van der Waals surface area contributed by atoms with Gasteiger partial charge in [0.15, 0.2) is 5.76 Å². The van der Waals surface area contributed by atoms with Gasteiger partial charge in [-0.25, -0.2) is 0 Å². The van der Waals surface area contributed by atoms with Crippen molar-refractivity contribution in [3.05, 3.63) is 52.2 Å². The highest BCUT2D eigenvalue weighted by Gasteiger charge is 2.19. The smallest absolute Gasteiger partial charge is 0.433 e. The second kappa shape index (κ2) is 4.74. The first-order chi connectivity index (χ1) is 8.58. The summed E-state index contributed by atoms with van der Waals surface area (Å²) in [5.41, 5.74) is 0. The molecule has 7 nitrogen and oxygen atoms in total. The lowest BCUT2D eigenvalue weighted by molar-refractivity contribution is -0.402. The molecule has 0 fully saturated rings. The van der Waals surface area contributed by atoms with Gasteiger partial charge in [0, 0.05) is 0 Å². The van der Waals surface area contributed by atoms with E-state index in [2.05, 4.69) is 5.32 Å². The van der Waals surface area contributed by atoms with Gasteiger partial charge in [0.1, 0.15) is 10.7 Å². The van der Waals surface area contributed by atoms with Crippen LogP contribution in [0.4, 0.5) is 5.88 Å². The Hall–Kier alpha value is -2.57. The van der Waals surface area contributed by atoms with Crippen LogP contribution in [0.3, 0.4) is 0 Å². The standard InChI is InChI=1S/C11H10N2O5/c1-7(8-3-2-6-17-8)12-11(14)9-4-5-10(18-9)13(15)16/h2-7H,1H3,(H,12,14)/t7-/m0/s1. The third-order valence-electron chi connectivity index (χ3n) is 2.31. The predicted molar refractivity (Wildman–Crippen MR) is 60.0 cm³/mol. The quantitative estimate of drug-likeness (QED) is 0.662. The minimum atomic E-state index is -0.702. The topological polar surface area (TPSA) is 98.5 Å². The van der Waals surface area contributed by atoms with Gasteiger partial charge in [-0.2, -0.15) is 0 Å². The van der Waals surface area contributed by atoms with Gasteiger partial charge in [-0.15, -0.1) is 0 Å². The molecule has 2 heterocycles. The first-order valence-electron chi connectivity index (χ1n) is 5.16. The van der Waals surface area contributed by atoms with E-state index in [1.807, 2.05) is 0 Å². The van der Waals surface area contributed by atoms with Crippen LogP contribution in [0.1, 0.15) is 29.3 Å². The molecule has 18 heavy (non-hydrogen) atoms. The summed E-state index contributed by atoms with van der Waals surface area (Å²) in [5.74, 6) is -0.526. The second-order valence-electron chi connectivity index (χ2n) is 3.61. The van der Waals surface area contributed by atoms with Gasteiger partial charge < -0.3 is 14.2 Å². The van der Waals surface area contributed by atoms with E-state index in [9.17, 15) is 14.9 Å². The molecular formula is C11H10N2O5. The molecule has 0 aliphatic rings. The number of carbonyl (C=O) groups excluding carboxylic acids is 1. The fourth-order valence-electron chi connectivity index (χ4n) is 1.42. The van der Waals surface area contributed by atoms with Gasteiger partial charge in [0.2, 0.25) is 0 Å². The maximum atomic E-state index is 11.7. The largest absolute Gasteiger partial charge is 0.467 e. The number of hydrogen-bond acceptors (Lipinski definition) is 5. The monoisotopic (exact) mass is 250 g/mol. The molecule has 0 spiro atoms. The third kappa shape index (κ3) is 2.40. The molecule has 0 aromatic carbocycles. The molecule has 0 aliphatic carbocycles. The summed E-state index contributed by atoms with van der Waals surface area (Å²) in [6, 6.07) is 5.46. The van der Waals surface area contributed by atoms with Crippen molar-refractivity contribution in [2.24, 2.45) is 0 Å². The molecule has 0 saturated carbocycles. The predicted octanol–water partition coefficient (Wildman–Crippen LogP) is 2.27. The summed E-state index contributed by atoms with van der Waals surface area (Å²) in [6.07, 6.45) is 1.50. The summed E-state index contributed by atoms with van der Waals surface area (Å²) < 4.78 is 9.91. The van der Waals surface area contributed by atoms with Gasteiger partial charge in [0.05, 0.1) is 18.4 Å².